The van der Waals surface area contributed by atoms with Gasteiger partial charge >= 0.3 is 5.97 Å². The predicted molar refractivity (Wildman–Crippen MR) is 95.3 cm³/mol. The minimum absolute atomic E-state index is 0.0224. The van der Waals surface area contributed by atoms with Crippen LogP contribution in [-0.4, -0.2) is 34.5 Å². The van der Waals surface area contributed by atoms with Crippen LogP contribution in [0.2, 0.25) is 0 Å². The Labute approximate surface area is 149 Å². The fourth-order valence-electron chi connectivity index (χ4n) is 4.92. The van der Waals surface area contributed by atoms with Crippen molar-refractivity contribution >= 4 is 11.9 Å². The van der Waals surface area contributed by atoms with Gasteiger partial charge in [0.2, 0.25) is 0 Å². The molecule has 2 saturated carbocycles. The summed E-state index contributed by atoms with van der Waals surface area (Å²) in [6, 6.07) is 8.14. The van der Waals surface area contributed by atoms with E-state index in [0.29, 0.717) is 24.1 Å². The molecule has 1 aromatic carbocycles. The molecule has 25 heavy (non-hydrogen) atoms. The van der Waals surface area contributed by atoms with E-state index in [1.54, 1.807) is 13.0 Å². The van der Waals surface area contributed by atoms with Crippen molar-refractivity contribution in [3.8, 4) is 0 Å². The Balaban J connectivity index is 1.64. The van der Waals surface area contributed by atoms with Crippen molar-refractivity contribution in [2.45, 2.75) is 82.4 Å². The maximum Gasteiger partial charge on any atom is 0.339 e. The van der Waals surface area contributed by atoms with Crippen LogP contribution in [-0.2, 0) is 16.0 Å². The van der Waals surface area contributed by atoms with Crippen molar-refractivity contribution in [1.82, 2.24) is 4.90 Å². The number of cyclic esters (lactones) is 1. The number of amides is 1. The molecular weight excluding hydrogens is 314 g/mol. The molecule has 4 rings (SSSR count). The van der Waals surface area contributed by atoms with Gasteiger partial charge in [0.15, 0.2) is 5.60 Å². The number of benzene rings is 1. The third-order valence-corrected chi connectivity index (χ3v) is 6.21. The number of rotatable bonds is 3. The lowest BCUT2D eigenvalue weighted by Gasteiger charge is -2.42. The molecule has 0 N–H and O–H groups in total. The Morgan fingerprint density at radius 3 is 2.20 bits per heavy atom. The number of carbonyl (C=O) groups is 2. The molecule has 2 fully saturated rings. The minimum Gasteiger partial charge on any atom is -0.445 e. The molecule has 0 saturated heterocycles. The average Bonchev–Trinajstić information content (AvgIpc) is 3.29. The molecular formula is C21H27NO3. The van der Waals surface area contributed by atoms with Gasteiger partial charge in [0.1, 0.15) is 0 Å². The Bertz CT molecular complexity index is 657. The largest absolute Gasteiger partial charge is 0.445 e. The smallest absolute Gasteiger partial charge is 0.339 e. The fraction of sp³-hybridized carbons (Fsp3) is 0.619. The average molecular weight is 341 g/mol. The molecule has 0 bridgehead atoms. The van der Waals surface area contributed by atoms with Crippen LogP contribution in [0, 0.1) is 0 Å². The SMILES string of the molecule is CC1(C(=O)N(C2CCCC2)C2CCCC2)Cc2ccccc2C(=O)O1. The van der Waals surface area contributed by atoms with Crippen molar-refractivity contribution in [3.63, 3.8) is 0 Å². The van der Waals surface area contributed by atoms with Gasteiger partial charge in [-0.25, -0.2) is 4.79 Å². The number of nitrogens with zero attached hydrogens (tertiary/aromatic N) is 1. The Hall–Kier alpha value is -1.84. The van der Waals surface area contributed by atoms with Crippen molar-refractivity contribution in [2.24, 2.45) is 0 Å². The van der Waals surface area contributed by atoms with Crippen LogP contribution in [0.5, 0.6) is 0 Å². The first kappa shape index (κ1) is 16.6. The van der Waals surface area contributed by atoms with Crippen molar-refractivity contribution in [1.29, 1.82) is 0 Å². The van der Waals surface area contributed by atoms with Crippen LogP contribution in [0.1, 0.15) is 74.2 Å². The first-order valence-corrected chi connectivity index (χ1v) is 9.72. The van der Waals surface area contributed by atoms with E-state index in [-0.39, 0.29) is 11.9 Å². The fourth-order valence-corrected chi connectivity index (χ4v) is 4.92. The van der Waals surface area contributed by atoms with Gasteiger partial charge in [0.05, 0.1) is 5.56 Å². The maximum atomic E-state index is 13.6. The molecule has 1 aromatic rings. The molecule has 1 amide bonds. The van der Waals surface area contributed by atoms with E-state index in [9.17, 15) is 9.59 Å². The summed E-state index contributed by atoms with van der Waals surface area (Å²) < 4.78 is 5.73. The van der Waals surface area contributed by atoms with Gasteiger partial charge in [-0.1, -0.05) is 43.9 Å². The Morgan fingerprint density at radius 1 is 1.04 bits per heavy atom. The molecule has 1 heterocycles. The Morgan fingerprint density at radius 2 is 1.60 bits per heavy atom. The highest BCUT2D eigenvalue weighted by molar-refractivity contribution is 5.97. The van der Waals surface area contributed by atoms with E-state index in [0.717, 1.165) is 31.2 Å². The number of carbonyl (C=O) groups excluding carboxylic acids is 2. The first-order chi connectivity index (χ1) is 12.1. The van der Waals surface area contributed by atoms with Gasteiger partial charge in [-0.05, 0) is 44.2 Å². The zero-order chi connectivity index (χ0) is 17.4. The van der Waals surface area contributed by atoms with Gasteiger partial charge in [-0.3, -0.25) is 4.79 Å². The highest BCUT2D eigenvalue weighted by atomic mass is 16.6. The second-order valence-corrected chi connectivity index (χ2v) is 8.04. The third kappa shape index (κ3) is 2.96. The van der Waals surface area contributed by atoms with Crippen LogP contribution in [0.25, 0.3) is 0 Å². The molecule has 0 spiro atoms. The number of hydrogen-bond donors (Lipinski definition) is 0. The highest BCUT2D eigenvalue weighted by Crippen LogP contribution is 2.36. The van der Waals surface area contributed by atoms with Crippen molar-refractivity contribution < 1.29 is 14.3 Å². The zero-order valence-corrected chi connectivity index (χ0v) is 15.0. The van der Waals surface area contributed by atoms with Gasteiger partial charge in [0, 0.05) is 18.5 Å². The van der Waals surface area contributed by atoms with Crippen molar-refractivity contribution in [3.05, 3.63) is 35.4 Å². The van der Waals surface area contributed by atoms with E-state index in [1.165, 1.54) is 25.7 Å². The number of fused-ring (bicyclic) bond motifs is 1. The van der Waals surface area contributed by atoms with Gasteiger partial charge in [0.25, 0.3) is 5.91 Å². The second kappa shape index (κ2) is 6.47. The molecule has 4 nitrogen and oxygen atoms in total. The molecule has 1 aliphatic heterocycles. The lowest BCUT2D eigenvalue weighted by molar-refractivity contribution is -0.156. The summed E-state index contributed by atoms with van der Waals surface area (Å²) in [6.45, 7) is 1.81. The summed E-state index contributed by atoms with van der Waals surface area (Å²) in [6.07, 6.45) is 9.60. The van der Waals surface area contributed by atoms with E-state index < -0.39 is 5.60 Å². The maximum absolute atomic E-state index is 13.6. The van der Waals surface area contributed by atoms with Crippen LogP contribution >= 0.6 is 0 Å². The summed E-state index contributed by atoms with van der Waals surface area (Å²) in [5.41, 5.74) is 0.449. The molecule has 4 heteroatoms. The molecule has 2 aliphatic carbocycles. The summed E-state index contributed by atoms with van der Waals surface area (Å²) in [5.74, 6) is -0.343. The standard InChI is InChI=1S/C21H27NO3/c1-21(14-15-8-2-7-13-18(15)19(23)25-21)20(24)22(16-9-3-4-10-16)17-11-5-6-12-17/h2,7-8,13,16-17H,3-6,9-12,14H2,1H3. The summed E-state index contributed by atoms with van der Waals surface area (Å²) in [4.78, 5) is 28.2. The van der Waals surface area contributed by atoms with E-state index in [1.807, 2.05) is 18.2 Å². The van der Waals surface area contributed by atoms with E-state index in [4.69, 9.17) is 4.74 Å². The highest BCUT2D eigenvalue weighted by Gasteiger charge is 2.48. The molecule has 0 aromatic heterocycles. The van der Waals surface area contributed by atoms with Crippen LogP contribution in [0.3, 0.4) is 0 Å². The number of ether oxygens (including phenoxy) is 1. The van der Waals surface area contributed by atoms with Crippen molar-refractivity contribution in [2.75, 3.05) is 0 Å². The number of esters is 1. The third-order valence-electron chi connectivity index (χ3n) is 6.21. The molecule has 0 radical (unpaired) electrons. The zero-order valence-electron chi connectivity index (χ0n) is 15.0. The number of hydrogen-bond acceptors (Lipinski definition) is 3. The summed E-state index contributed by atoms with van der Waals surface area (Å²) >= 11 is 0. The quantitative estimate of drug-likeness (QED) is 0.784. The predicted octanol–water partition coefficient (Wildman–Crippen LogP) is 3.87. The molecule has 3 aliphatic rings. The summed E-state index contributed by atoms with van der Waals surface area (Å²) in [7, 11) is 0. The van der Waals surface area contributed by atoms with Gasteiger partial charge < -0.3 is 9.64 Å². The topological polar surface area (TPSA) is 46.6 Å². The minimum atomic E-state index is -1.07. The summed E-state index contributed by atoms with van der Waals surface area (Å²) in [5, 5.41) is 0. The van der Waals surface area contributed by atoms with E-state index >= 15 is 0 Å². The van der Waals surface area contributed by atoms with Crippen LogP contribution < -0.4 is 0 Å². The molecule has 134 valence electrons. The molecule has 1 atom stereocenters. The first-order valence-electron chi connectivity index (χ1n) is 9.72. The Kier molecular flexibility index (Phi) is 4.30. The monoisotopic (exact) mass is 341 g/mol. The van der Waals surface area contributed by atoms with Gasteiger partial charge in [-0.15, -0.1) is 0 Å². The lowest BCUT2D eigenvalue weighted by Crippen LogP contribution is -2.58. The van der Waals surface area contributed by atoms with E-state index in [2.05, 4.69) is 4.90 Å². The molecule has 1 unspecified atom stereocenters. The normalized spacial score (nSPS) is 27.2. The second-order valence-electron chi connectivity index (χ2n) is 8.04. The van der Waals surface area contributed by atoms with Gasteiger partial charge in [-0.2, -0.15) is 0 Å². The van der Waals surface area contributed by atoms with Crippen LogP contribution in [0.4, 0.5) is 0 Å². The van der Waals surface area contributed by atoms with Crippen LogP contribution in [0.15, 0.2) is 24.3 Å². The lowest BCUT2D eigenvalue weighted by atomic mass is 9.88.